The average Bonchev–Trinajstić information content (AvgIpc) is 2.48. The molecule has 0 aliphatic heterocycles. The summed E-state index contributed by atoms with van der Waals surface area (Å²) >= 11 is 0. The van der Waals surface area contributed by atoms with Crippen molar-refractivity contribution in [3.8, 4) is 5.75 Å². The van der Waals surface area contributed by atoms with E-state index in [-0.39, 0.29) is 5.75 Å². The number of carbonyl (C=O) groups excluding carboxylic acids is 1. The van der Waals surface area contributed by atoms with Crippen LogP contribution in [-0.4, -0.2) is 17.5 Å². The molecule has 0 bridgehead atoms. The van der Waals surface area contributed by atoms with Crippen molar-refractivity contribution in [2.75, 3.05) is 5.32 Å². The van der Waals surface area contributed by atoms with Crippen molar-refractivity contribution in [2.45, 2.75) is 13.5 Å². The second kappa shape index (κ2) is 7.31. The first-order chi connectivity index (χ1) is 10.5. The Morgan fingerprint density at radius 3 is 2.73 bits per heavy atom. The minimum Gasteiger partial charge on any atom is -0.434 e. The molecule has 0 aliphatic rings. The lowest BCUT2D eigenvalue weighted by Crippen LogP contribution is -2.09. The Hall–Kier alpha value is -2.76. The van der Waals surface area contributed by atoms with Crippen LogP contribution in [0.15, 0.2) is 48.7 Å². The van der Waals surface area contributed by atoms with Crippen molar-refractivity contribution >= 4 is 17.8 Å². The van der Waals surface area contributed by atoms with Gasteiger partial charge in [0.2, 0.25) is 5.91 Å². The number of para-hydroxylation sites is 1. The van der Waals surface area contributed by atoms with Gasteiger partial charge in [0.15, 0.2) is 0 Å². The van der Waals surface area contributed by atoms with E-state index in [4.69, 9.17) is 0 Å². The molecule has 114 valence electrons. The molecule has 0 radical (unpaired) electrons. The van der Waals surface area contributed by atoms with Gasteiger partial charge >= 0.3 is 6.61 Å². The number of hydrogen-bond donors (Lipinski definition) is 1. The maximum Gasteiger partial charge on any atom is 0.387 e. The predicted molar refractivity (Wildman–Crippen MR) is 79.7 cm³/mol. The highest BCUT2D eigenvalue weighted by Gasteiger charge is 2.07. The molecule has 1 aromatic heterocycles. The number of nitrogens with zero attached hydrogens (tertiary/aromatic N) is 1. The van der Waals surface area contributed by atoms with Gasteiger partial charge in [0.1, 0.15) is 11.6 Å². The Balaban J connectivity index is 2.05. The number of anilines is 1. The lowest BCUT2D eigenvalue weighted by molar-refractivity contribution is -0.111. The van der Waals surface area contributed by atoms with Gasteiger partial charge in [0.25, 0.3) is 0 Å². The van der Waals surface area contributed by atoms with E-state index >= 15 is 0 Å². The molecule has 2 rings (SSSR count). The molecule has 0 saturated heterocycles. The van der Waals surface area contributed by atoms with Gasteiger partial charge in [-0.1, -0.05) is 24.3 Å². The first-order valence-corrected chi connectivity index (χ1v) is 6.50. The molecular weight excluding hydrogens is 290 g/mol. The lowest BCUT2D eigenvalue weighted by Gasteiger charge is -2.07. The van der Waals surface area contributed by atoms with Crippen molar-refractivity contribution in [1.82, 2.24) is 4.98 Å². The lowest BCUT2D eigenvalue weighted by atomic mass is 10.2. The Kier molecular flexibility index (Phi) is 5.19. The second-order valence-electron chi connectivity index (χ2n) is 4.46. The van der Waals surface area contributed by atoms with Gasteiger partial charge in [-0.2, -0.15) is 8.78 Å². The third-order valence-corrected chi connectivity index (χ3v) is 2.71. The monoisotopic (exact) mass is 304 g/mol. The molecule has 0 fully saturated rings. The number of aryl methyl sites for hydroxylation is 1. The normalized spacial score (nSPS) is 10.9. The van der Waals surface area contributed by atoms with E-state index in [0.717, 1.165) is 5.56 Å². The highest BCUT2D eigenvalue weighted by molar-refractivity contribution is 6.01. The molecule has 1 aromatic carbocycles. The highest BCUT2D eigenvalue weighted by Crippen LogP contribution is 2.21. The Labute approximate surface area is 126 Å². The summed E-state index contributed by atoms with van der Waals surface area (Å²) in [5.74, 6) is 0.00980. The van der Waals surface area contributed by atoms with E-state index < -0.39 is 12.5 Å². The van der Waals surface area contributed by atoms with Crippen LogP contribution in [0.3, 0.4) is 0 Å². The summed E-state index contributed by atoms with van der Waals surface area (Å²) in [7, 11) is 0. The van der Waals surface area contributed by atoms with Crippen LogP contribution in [0, 0.1) is 6.92 Å². The minimum atomic E-state index is -2.92. The largest absolute Gasteiger partial charge is 0.434 e. The zero-order valence-electron chi connectivity index (χ0n) is 11.8. The molecular formula is C16H14F2N2O2. The molecule has 1 N–H and O–H groups in total. The minimum absolute atomic E-state index is 0.00927. The van der Waals surface area contributed by atoms with Crippen LogP contribution < -0.4 is 10.1 Å². The van der Waals surface area contributed by atoms with Crippen LogP contribution >= 0.6 is 0 Å². The van der Waals surface area contributed by atoms with Crippen LogP contribution in [0.4, 0.5) is 14.6 Å². The van der Waals surface area contributed by atoms with Gasteiger partial charge in [-0.05, 0) is 30.7 Å². The topological polar surface area (TPSA) is 51.2 Å². The zero-order chi connectivity index (χ0) is 15.9. The first kappa shape index (κ1) is 15.6. The van der Waals surface area contributed by atoms with Crippen molar-refractivity contribution in [2.24, 2.45) is 0 Å². The smallest absolute Gasteiger partial charge is 0.387 e. The van der Waals surface area contributed by atoms with Crippen molar-refractivity contribution in [1.29, 1.82) is 0 Å². The summed E-state index contributed by atoms with van der Waals surface area (Å²) in [6.07, 6.45) is 4.27. The van der Waals surface area contributed by atoms with Crippen LogP contribution in [0.25, 0.3) is 6.08 Å². The van der Waals surface area contributed by atoms with Gasteiger partial charge < -0.3 is 10.1 Å². The summed E-state index contributed by atoms with van der Waals surface area (Å²) in [5, 5.41) is 2.57. The molecule has 22 heavy (non-hydrogen) atoms. The fourth-order valence-electron chi connectivity index (χ4n) is 1.70. The van der Waals surface area contributed by atoms with Gasteiger partial charge in [0.05, 0.1) is 0 Å². The summed E-state index contributed by atoms with van der Waals surface area (Å²) in [4.78, 5) is 15.8. The molecule has 0 spiro atoms. The Morgan fingerprint density at radius 1 is 1.27 bits per heavy atom. The Morgan fingerprint density at radius 2 is 2.05 bits per heavy atom. The number of amides is 1. The van der Waals surface area contributed by atoms with Gasteiger partial charge in [-0.25, -0.2) is 4.98 Å². The number of halogens is 2. The molecule has 4 nitrogen and oxygen atoms in total. The summed E-state index contributed by atoms with van der Waals surface area (Å²) < 4.78 is 29.0. The standard InChI is InChI=1S/C16H14F2N2O2/c1-11-6-8-14(19-10-11)20-15(21)9-7-12-4-2-3-5-13(12)22-16(17)18/h2-10,16H,1H3,(H,19,20,21)/b9-7+. The number of aromatic nitrogens is 1. The third kappa shape index (κ3) is 4.66. The van der Waals surface area contributed by atoms with Crippen molar-refractivity contribution in [3.05, 3.63) is 59.8 Å². The number of carbonyl (C=O) groups is 1. The van der Waals surface area contributed by atoms with E-state index in [1.807, 2.05) is 13.0 Å². The fourth-order valence-corrected chi connectivity index (χ4v) is 1.70. The summed E-state index contributed by atoms with van der Waals surface area (Å²) in [6, 6.07) is 9.71. The highest BCUT2D eigenvalue weighted by atomic mass is 19.3. The van der Waals surface area contributed by atoms with Crippen molar-refractivity contribution in [3.63, 3.8) is 0 Å². The van der Waals surface area contributed by atoms with Crippen LogP contribution in [0.5, 0.6) is 5.75 Å². The third-order valence-electron chi connectivity index (χ3n) is 2.71. The quantitative estimate of drug-likeness (QED) is 0.858. The average molecular weight is 304 g/mol. The van der Waals surface area contributed by atoms with Crippen LogP contribution in [-0.2, 0) is 4.79 Å². The molecule has 0 atom stereocenters. The van der Waals surface area contributed by atoms with E-state index in [2.05, 4.69) is 15.0 Å². The van der Waals surface area contributed by atoms with Crippen LogP contribution in [0.2, 0.25) is 0 Å². The zero-order valence-corrected chi connectivity index (χ0v) is 11.8. The fraction of sp³-hybridized carbons (Fsp3) is 0.125. The molecule has 6 heteroatoms. The van der Waals surface area contributed by atoms with E-state index in [9.17, 15) is 13.6 Å². The first-order valence-electron chi connectivity index (χ1n) is 6.50. The summed E-state index contributed by atoms with van der Waals surface area (Å²) in [6.45, 7) is -1.03. The van der Waals surface area contributed by atoms with Gasteiger partial charge in [-0.3, -0.25) is 4.79 Å². The van der Waals surface area contributed by atoms with E-state index in [1.54, 1.807) is 30.5 Å². The van der Waals surface area contributed by atoms with Crippen LogP contribution in [0.1, 0.15) is 11.1 Å². The molecule has 0 saturated carbocycles. The number of alkyl halides is 2. The number of nitrogens with one attached hydrogen (secondary N) is 1. The second-order valence-corrected chi connectivity index (χ2v) is 4.46. The molecule has 0 aliphatic carbocycles. The number of pyridine rings is 1. The summed E-state index contributed by atoms with van der Waals surface area (Å²) in [5.41, 5.74) is 1.36. The Bertz CT molecular complexity index is 670. The molecule has 2 aromatic rings. The maximum absolute atomic E-state index is 12.3. The molecule has 0 unspecified atom stereocenters. The number of ether oxygens (including phenoxy) is 1. The van der Waals surface area contributed by atoms with Gasteiger partial charge in [0, 0.05) is 17.8 Å². The number of benzene rings is 1. The predicted octanol–water partition coefficient (Wildman–Crippen LogP) is 3.64. The number of rotatable bonds is 5. The number of hydrogen-bond acceptors (Lipinski definition) is 3. The van der Waals surface area contributed by atoms with E-state index in [0.29, 0.717) is 11.4 Å². The molecule has 1 amide bonds. The SMILES string of the molecule is Cc1ccc(NC(=O)/C=C/c2ccccc2OC(F)F)nc1. The maximum atomic E-state index is 12.3. The van der Waals surface area contributed by atoms with E-state index in [1.165, 1.54) is 18.2 Å². The molecule has 1 heterocycles. The van der Waals surface area contributed by atoms with Gasteiger partial charge in [-0.15, -0.1) is 0 Å². The van der Waals surface area contributed by atoms with Crippen molar-refractivity contribution < 1.29 is 18.3 Å².